The fourth-order valence-electron chi connectivity index (χ4n) is 2.95. The van der Waals surface area contributed by atoms with Gasteiger partial charge in [-0.1, -0.05) is 12.8 Å². The maximum atomic E-state index is 11.9. The zero-order valence-electron chi connectivity index (χ0n) is 11.2. The van der Waals surface area contributed by atoms with E-state index in [0.717, 1.165) is 25.9 Å². The molecular formula is C13H25N3O2. The van der Waals surface area contributed by atoms with Crippen molar-refractivity contribution in [3.8, 4) is 0 Å². The van der Waals surface area contributed by atoms with E-state index in [1.165, 1.54) is 12.8 Å². The molecule has 3 N–H and O–H groups in total. The van der Waals surface area contributed by atoms with E-state index >= 15 is 0 Å². The molecule has 0 bridgehead atoms. The summed E-state index contributed by atoms with van der Waals surface area (Å²) in [4.78, 5) is 14.1. The molecule has 1 saturated heterocycles. The molecule has 104 valence electrons. The number of nitrogens with zero attached hydrogens (tertiary/aromatic N) is 1. The highest BCUT2D eigenvalue weighted by atomic mass is 16.5. The minimum Gasteiger partial charge on any atom is -0.371 e. The second kappa shape index (κ2) is 6.50. The van der Waals surface area contributed by atoms with Crippen molar-refractivity contribution >= 4 is 5.91 Å². The predicted octanol–water partition coefficient (Wildman–Crippen LogP) is 0.0932. The highest BCUT2D eigenvalue weighted by molar-refractivity contribution is 5.78. The number of hydrogen-bond donors (Lipinski definition) is 2. The van der Waals surface area contributed by atoms with Crippen LogP contribution in [0.4, 0.5) is 0 Å². The van der Waals surface area contributed by atoms with Gasteiger partial charge in [-0.05, 0) is 19.8 Å². The normalized spacial score (nSPS) is 30.6. The molecule has 5 heteroatoms. The summed E-state index contributed by atoms with van der Waals surface area (Å²) in [5.74, 6) is 0.145. The number of nitrogens with one attached hydrogen (secondary N) is 1. The van der Waals surface area contributed by atoms with Crippen molar-refractivity contribution < 1.29 is 9.53 Å². The first kappa shape index (κ1) is 13.8. The van der Waals surface area contributed by atoms with Gasteiger partial charge in [-0.3, -0.25) is 9.69 Å². The number of nitrogens with two attached hydrogens (primary N) is 1. The number of rotatable bonds is 4. The third kappa shape index (κ3) is 3.93. The third-order valence-corrected chi connectivity index (χ3v) is 3.75. The van der Waals surface area contributed by atoms with Gasteiger partial charge in [0.1, 0.15) is 0 Å². The summed E-state index contributed by atoms with van der Waals surface area (Å²) in [7, 11) is 0. The first-order valence-corrected chi connectivity index (χ1v) is 7.04. The quantitative estimate of drug-likeness (QED) is 0.747. The minimum atomic E-state index is 0.0630. The van der Waals surface area contributed by atoms with E-state index in [4.69, 9.17) is 10.5 Å². The number of amides is 1. The van der Waals surface area contributed by atoms with Gasteiger partial charge < -0.3 is 15.8 Å². The van der Waals surface area contributed by atoms with Crippen molar-refractivity contribution in [2.75, 3.05) is 26.2 Å². The summed E-state index contributed by atoms with van der Waals surface area (Å²) < 4.78 is 5.68. The monoisotopic (exact) mass is 255 g/mol. The van der Waals surface area contributed by atoms with Crippen molar-refractivity contribution in [1.29, 1.82) is 0 Å². The zero-order valence-corrected chi connectivity index (χ0v) is 11.2. The molecular weight excluding hydrogens is 230 g/mol. The van der Waals surface area contributed by atoms with E-state index in [-0.39, 0.29) is 18.1 Å². The number of hydrogen-bond acceptors (Lipinski definition) is 4. The number of morpholine rings is 1. The van der Waals surface area contributed by atoms with E-state index < -0.39 is 0 Å². The number of carbonyl (C=O) groups is 1. The lowest BCUT2D eigenvalue weighted by atomic mass is 10.2. The van der Waals surface area contributed by atoms with E-state index in [2.05, 4.69) is 10.2 Å². The molecule has 2 unspecified atom stereocenters. The van der Waals surface area contributed by atoms with Gasteiger partial charge in [0.25, 0.3) is 0 Å². The highest BCUT2D eigenvalue weighted by Crippen LogP contribution is 2.17. The first-order chi connectivity index (χ1) is 8.67. The van der Waals surface area contributed by atoms with Crippen LogP contribution in [0.1, 0.15) is 32.6 Å². The van der Waals surface area contributed by atoms with Crippen molar-refractivity contribution in [3.05, 3.63) is 0 Å². The van der Waals surface area contributed by atoms with Crippen LogP contribution < -0.4 is 11.1 Å². The second-order valence-corrected chi connectivity index (χ2v) is 5.55. The third-order valence-electron chi connectivity index (χ3n) is 3.75. The van der Waals surface area contributed by atoms with Gasteiger partial charge in [-0.2, -0.15) is 0 Å². The maximum absolute atomic E-state index is 11.9. The Morgan fingerprint density at radius 1 is 1.39 bits per heavy atom. The maximum Gasteiger partial charge on any atom is 0.234 e. The van der Waals surface area contributed by atoms with Gasteiger partial charge in [0.2, 0.25) is 5.91 Å². The molecule has 5 nitrogen and oxygen atoms in total. The molecule has 1 aliphatic heterocycles. The number of ether oxygens (including phenoxy) is 1. The van der Waals surface area contributed by atoms with Gasteiger partial charge in [-0.25, -0.2) is 0 Å². The molecule has 1 saturated carbocycles. The molecule has 2 rings (SSSR count). The fraction of sp³-hybridized carbons (Fsp3) is 0.923. The van der Waals surface area contributed by atoms with Crippen molar-refractivity contribution in [3.63, 3.8) is 0 Å². The average molecular weight is 255 g/mol. The largest absolute Gasteiger partial charge is 0.371 e. The molecule has 0 aromatic carbocycles. The van der Waals surface area contributed by atoms with Crippen LogP contribution >= 0.6 is 0 Å². The lowest BCUT2D eigenvalue weighted by molar-refractivity contribution is -0.126. The van der Waals surface area contributed by atoms with Crippen molar-refractivity contribution in [2.24, 2.45) is 5.73 Å². The van der Waals surface area contributed by atoms with Crippen molar-refractivity contribution in [1.82, 2.24) is 10.2 Å². The Morgan fingerprint density at radius 2 is 2.11 bits per heavy atom. The lowest BCUT2D eigenvalue weighted by Crippen LogP contribution is -2.52. The fourth-order valence-corrected chi connectivity index (χ4v) is 2.95. The molecule has 1 heterocycles. The SMILES string of the molecule is CC1CN(CC(=O)NC2CCCC2)CC(CN)O1. The molecule has 1 amide bonds. The van der Waals surface area contributed by atoms with E-state index in [0.29, 0.717) is 19.1 Å². The summed E-state index contributed by atoms with van der Waals surface area (Å²) in [6.07, 6.45) is 4.98. The summed E-state index contributed by atoms with van der Waals surface area (Å²) in [6, 6.07) is 0.404. The Bertz CT molecular complexity index is 279. The van der Waals surface area contributed by atoms with Gasteiger partial charge in [0.15, 0.2) is 0 Å². The minimum absolute atomic E-state index is 0.0630. The van der Waals surface area contributed by atoms with Crippen LogP contribution in [0.3, 0.4) is 0 Å². The zero-order chi connectivity index (χ0) is 13.0. The molecule has 1 aliphatic carbocycles. The van der Waals surface area contributed by atoms with Gasteiger partial charge in [-0.15, -0.1) is 0 Å². The molecule has 0 aromatic heterocycles. The van der Waals surface area contributed by atoms with E-state index in [9.17, 15) is 4.79 Å². The summed E-state index contributed by atoms with van der Waals surface area (Å²) in [6.45, 7) is 4.60. The number of carbonyl (C=O) groups excluding carboxylic acids is 1. The van der Waals surface area contributed by atoms with Crippen LogP contribution in [-0.4, -0.2) is 55.2 Å². The Labute approximate surface area is 109 Å². The van der Waals surface area contributed by atoms with Crippen molar-refractivity contribution in [2.45, 2.75) is 50.9 Å². The summed E-state index contributed by atoms with van der Waals surface area (Å²) in [5.41, 5.74) is 5.64. The van der Waals surface area contributed by atoms with Crippen LogP contribution in [-0.2, 0) is 9.53 Å². The molecule has 0 aromatic rings. The smallest absolute Gasteiger partial charge is 0.234 e. The van der Waals surface area contributed by atoms with Crippen LogP contribution in [0.2, 0.25) is 0 Å². The van der Waals surface area contributed by atoms with Gasteiger partial charge >= 0.3 is 0 Å². The topological polar surface area (TPSA) is 67.6 Å². The molecule has 0 radical (unpaired) electrons. The van der Waals surface area contributed by atoms with Gasteiger partial charge in [0, 0.05) is 25.7 Å². The summed E-state index contributed by atoms with van der Waals surface area (Å²) in [5, 5.41) is 3.12. The molecule has 2 fully saturated rings. The van der Waals surface area contributed by atoms with E-state index in [1.54, 1.807) is 0 Å². The average Bonchev–Trinajstić information content (AvgIpc) is 2.80. The standard InChI is InChI=1S/C13H25N3O2/c1-10-7-16(8-12(6-14)18-10)9-13(17)15-11-4-2-3-5-11/h10-12H,2-9,14H2,1H3,(H,15,17). The van der Waals surface area contributed by atoms with Gasteiger partial charge in [0.05, 0.1) is 18.8 Å². The molecule has 2 atom stereocenters. The highest BCUT2D eigenvalue weighted by Gasteiger charge is 2.26. The summed E-state index contributed by atoms with van der Waals surface area (Å²) >= 11 is 0. The Hall–Kier alpha value is -0.650. The molecule has 18 heavy (non-hydrogen) atoms. The van der Waals surface area contributed by atoms with Crippen LogP contribution in [0.5, 0.6) is 0 Å². The first-order valence-electron chi connectivity index (χ1n) is 7.04. The Kier molecular flexibility index (Phi) is 4.97. The van der Waals surface area contributed by atoms with E-state index in [1.807, 2.05) is 6.92 Å². The van der Waals surface area contributed by atoms with Crippen LogP contribution in [0.25, 0.3) is 0 Å². The second-order valence-electron chi connectivity index (χ2n) is 5.55. The molecule has 0 spiro atoms. The lowest BCUT2D eigenvalue weighted by Gasteiger charge is -2.36. The van der Waals surface area contributed by atoms with Crippen LogP contribution in [0.15, 0.2) is 0 Å². The predicted molar refractivity (Wildman–Crippen MR) is 70.2 cm³/mol. The van der Waals surface area contributed by atoms with Crippen LogP contribution in [0, 0.1) is 0 Å². The Morgan fingerprint density at radius 3 is 2.78 bits per heavy atom. The molecule has 2 aliphatic rings. The Balaban J connectivity index is 1.75.